The van der Waals surface area contributed by atoms with Gasteiger partial charge in [-0.05, 0) is 55.8 Å². The molecule has 0 radical (unpaired) electrons. The second-order valence-electron chi connectivity index (χ2n) is 6.75. The fourth-order valence-electron chi connectivity index (χ4n) is 3.11. The highest BCUT2D eigenvalue weighted by molar-refractivity contribution is 7.14. The Morgan fingerprint density at radius 1 is 1.41 bits per heavy atom. The molecule has 0 aliphatic heterocycles. The Bertz CT molecular complexity index is 1050. The lowest BCUT2D eigenvalue weighted by Crippen LogP contribution is -2.22. The van der Waals surface area contributed by atoms with E-state index in [0.29, 0.717) is 6.04 Å². The maximum absolute atomic E-state index is 12.2. The third-order valence-electron chi connectivity index (χ3n) is 4.59. The van der Waals surface area contributed by atoms with Gasteiger partial charge < -0.3 is 20.4 Å². The molecule has 2 amide bonds. The second-order valence-corrected chi connectivity index (χ2v) is 7.67. The monoisotopic (exact) mass is 412 g/mol. The average molecular weight is 412 g/mol. The minimum atomic E-state index is -0.889. The van der Waals surface area contributed by atoms with Gasteiger partial charge in [0.1, 0.15) is 16.6 Å². The van der Waals surface area contributed by atoms with E-state index in [1.54, 1.807) is 5.38 Å². The summed E-state index contributed by atoms with van der Waals surface area (Å²) < 4.78 is 7.16. The summed E-state index contributed by atoms with van der Waals surface area (Å²) in [6.45, 7) is 3.35. The molecular formula is C20H20N4O4S. The van der Waals surface area contributed by atoms with Crippen molar-refractivity contribution in [3.8, 4) is 6.07 Å². The maximum Gasteiger partial charge on any atom is 0.349 e. The summed E-state index contributed by atoms with van der Waals surface area (Å²) in [6, 6.07) is 5.73. The first-order chi connectivity index (χ1) is 13.8. The van der Waals surface area contributed by atoms with Gasteiger partial charge >= 0.3 is 5.97 Å². The van der Waals surface area contributed by atoms with Gasteiger partial charge in [-0.2, -0.15) is 5.26 Å². The van der Waals surface area contributed by atoms with Crippen LogP contribution in [-0.2, 0) is 14.3 Å². The number of nitrogens with one attached hydrogen (secondary N) is 1. The fraction of sp³-hybridized carbons (Fsp3) is 0.300. The van der Waals surface area contributed by atoms with Gasteiger partial charge in [-0.15, -0.1) is 11.3 Å². The van der Waals surface area contributed by atoms with E-state index in [1.807, 2.05) is 26.0 Å². The summed E-state index contributed by atoms with van der Waals surface area (Å²) in [6.07, 6.45) is 3.74. The molecule has 29 heavy (non-hydrogen) atoms. The van der Waals surface area contributed by atoms with Crippen LogP contribution in [0, 0.1) is 25.2 Å². The molecule has 0 spiro atoms. The largest absolute Gasteiger partial charge is 0.451 e. The lowest BCUT2D eigenvalue weighted by Gasteiger charge is -2.07. The number of primary amides is 1. The Hall–Kier alpha value is -3.38. The molecule has 0 bridgehead atoms. The lowest BCUT2D eigenvalue weighted by atomic mass is 10.1. The molecule has 9 heteroatoms. The molecular weight excluding hydrogens is 392 g/mol. The van der Waals surface area contributed by atoms with Crippen LogP contribution in [0.1, 0.15) is 46.2 Å². The van der Waals surface area contributed by atoms with E-state index in [1.165, 1.54) is 12.1 Å². The van der Waals surface area contributed by atoms with Crippen molar-refractivity contribution in [2.24, 2.45) is 5.73 Å². The highest BCUT2D eigenvalue weighted by atomic mass is 32.1. The number of rotatable bonds is 7. The molecule has 0 aromatic carbocycles. The Morgan fingerprint density at radius 2 is 2.14 bits per heavy atom. The zero-order valence-electron chi connectivity index (χ0n) is 16.0. The quantitative estimate of drug-likeness (QED) is 0.411. The Kier molecular flexibility index (Phi) is 5.84. The number of carbonyl (C=O) groups is 3. The van der Waals surface area contributed by atoms with E-state index in [2.05, 4.69) is 9.88 Å². The first-order valence-electron chi connectivity index (χ1n) is 8.96. The number of thiophene rings is 1. The molecule has 1 fully saturated rings. The molecule has 0 atom stereocenters. The number of anilines is 1. The maximum atomic E-state index is 12.2. The summed E-state index contributed by atoms with van der Waals surface area (Å²) in [5.74, 6) is -2.19. The Balaban J connectivity index is 1.64. The third-order valence-corrected chi connectivity index (χ3v) is 5.42. The first-order valence-corrected chi connectivity index (χ1v) is 9.84. The molecule has 2 aromatic heterocycles. The second kappa shape index (κ2) is 8.32. The zero-order valence-corrected chi connectivity index (χ0v) is 16.8. The van der Waals surface area contributed by atoms with Crippen LogP contribution < -0.4 is 11.1 Å². The number of aryl methyl sites for hydroxylation is 1. The fourth-order valence-corrected chi connectivity index (χ4v) is 3.92. The van der Waals surface area contributed by atoms with Gasteiger partial charge in [0.2, 0.25) is 0 Å². The van der Waals surface area contributed by atoms with Crippen molar-refractivity contribution in [2.75, 3.05) is 11.9 Å². The van der Waals surface area contributed by atoms with E-state index in [4.69, 9.17) is 10.5 Å². The third kappa shape index (κ3) is 4.55. The van der Waals surface area contributed by atoms with Crippen LogP contribution in [0.5, 0.6) is 0 Å². The summed E-state index contributed by atoms with van der Waals surface area (Å²) in [5, 5.41) is 13.7. The molecule has 150 valence electrons. The van der Waals surface area contributed by atoms with Crippen LogP contribution in [0.15, 0.2) is 23.1 Å². The number of nitriles is 1. The van der Waals surface area contributed by atoms with Gasteiger partial charge in [0, 0.05) is 17.4 Å². The SMILES string of the molecule is Cc1cc(/C=C(\C#N)C(=O)OCC(=O)Nc2sccc2C(N)=O)c(C)n1C1CC1. The van der Waals surface area contributed by atoms with Crippen molar-refractivity contribution in [2.45, 2.75) is 32.7 Å². The minimum absolute atomic E-state index is 0.179. The van der Waals surface area contributed by atoms with Crippen molar-refractivity contribution < 1.29 is 19.1 Å². The van der Waals surface area contributed by atoms with Crippen molar-refractivity contribution in [1.82, 2.24) is 4.57 Å². The van der Waals surface area contributed by atoms with Crippen molar-refractivity contribution in [3.63, 3.8) is 0 Å². The normalized spacial score (nSPS) is 13.6. The van der Waals surface area contributed by atoms with Crippen molar-refractivity contribution >= 4 is 40.2 Å². The Morgan fingerprint density at radius 3 is 2.76 bits per heavy atom. The van der Waals surface area contributed by atoms with Crippen LogP contribution in [0.2, 0.25) is 0 Å². The molecule has 0 saturated heterocycles. The van der Waals surface area contributed by atoms with Gasteiger partial charge in [0.05, 0.1) is 5.56 Å². The smallest absolute Gasteiger partial charge is 0.349 e. The van der Waals surface area contributed by atoms with E-state index >= 15 is 0 Å². The molecule has 0 unspecified atom stereocenters. The van der Waals surface area contributed by atoms with Gasteiger partial charge in [-0.1, -0.05) is 0 Å². The summed E-state index contributed by atoms with van der Waals surface area (Å²) in [7, 11) is 0. The number of carbonyl (C=O) groups excluding carboxylic acids is 3. The van der Waals surface area contributed by atoms with Gasteiger partial charge in [0.15, 0.2) is 6.61 Å². The van der Waals surface area contributed by atoms with Gasteiger partial charge in [-0.25, -0.2) is 4.79 Å². The number of hydrogen-bond acceptors (Lipinski definition) is 6. The van der Waals surface area contributed by atoms with Crippen molar-refractivity contribution in [3.05, 3.63) is 45.6 Å². The first kappa shape index (κ1) is 20.4. The van der Waals surface area contributed by atoms with Crippen LogP contribution in [0.4, 0.5) is 5.00 Å². The van der Waals surface area contributed by atoms with Crippen LogP contribution in [-0.4, -0.2) is 29.0 Å². The number of amides is 2. The van der Waals surface area contributed by atoms with Crippen LogP contribution in [0.3, 0.4) is 0 Å². The number of nitrogens with two attached hydrogens (primary N) is 1. The molecule has 1 saturated carbocycles. The average Bonchev–Trinajstić information content (AvgIpc) is 3.32. The molecule has 8 nitrogen and oxygen atoms in total. The van der Waals surface area contributed by atoms with E-state index in [9.17, 15) is 19.6 Å². The van der Waals surface area contributed by atoms with Crippen LogP contribution >= 0.6 is 11.3 Å². The highest BCUT2D eigenvalue weighted by Gasteiger charge is 2.27. The highest BCUT2D eigenvalue weighted by Crippen LogP contribution is 2.38. The summed E-state index contributed by atoms with van der Waals surface area (Å²) in [4.78, 5) is 35.5. The lowest BCUT2D eigenvalue weighted by molar-refractivity contribution is -0.142. The molecule has 2 heterocycles. The number of hydrogen-bond donors (Lipinski definition) is 2. The molecule has 3 rings (SSSR count). The number of nitrogens with zero attached hydrogens (tertiary/aromatic N) is 2. The molecule has 1 aliphatic rings. The Labute approximate surface area is 171 Å². The summed E-state index contributed by atoms with van der Waals surface area (Å²) >= 11 is 1.13. The van der Waals surface area contributed by atoms with E-state index < -0.39 is 24.4 Å². The predicted molar refractivity (Wildman–Crippen MR) is 108 cm³/mol. The predicted octanol–water partition coefficient (Wildman–Crippen LogP) is 2.69. The molecule has 2 aromatic rings. The topological polar surface area (TPSA) is 127 Å². The van der Waals surface area contributed by atoms with Gasteiger partial charge in [-0.3, -0.25) is 9.59 Å². The summed E-state index contributed by atoms with van der Waals surface area (Å²) in [5.41, 5.74) is 8.04. The van der Waals surface area contributed by atoms with E-state index in [0.717, 1.165) is 41.1 Å². The number of aromatic nitrogens is 1. The standard InChI is InChI=1S/C20H20N4O4S/c1-11-7-13(12(2)24(11)15-3-4-15)8-14(9-21)20(27)28-10-17(25)23-19-16(18(22)26)5-6-29-19/h5-8,15H,3-4,10H2,1-2H3,(H2,22,26)(H,23,25)/b14-8+. The van der Waals surface area contributed by atoms with Crippen LogP contribution in [0.25, 0.3) is 6.08 Å². The van der Waals surface area contributed by atoms with Gasteiger partial charge in [0.25, 0.3) is 11.8 Å². The molecule has 1 aliphatic carbocycles. The van der Waals surface area contributed by atoms with Crippen molar-refractivity contribution in [1.29, 1.82) is 5.26 Å². The molecule has 3 N–H and O–H groups in total. The zero-order chi connectivity index (χ0) is 21.1. The number of esters is 1. The van der Waals surface area contributed by atoms with E-state index in [-0.39, 0.29) is 16.1 Å². The number of ether oxygens (including phenoxy) is 1. The minimum Gasteiger partial charge on any atom is -0.451 e.